The van der Waals surface area contributed by atoms with Crippen LogP contribution in [0.1, 0.15) is 18.2 Å². The Morgan fingerprint density at radius 2 is 2.19 bits per heavy atom. The summed E-state index contributed by atoms with van der Waals surface area (Å²) in [5.41, 5.74) is 2.34. The number of aryl methyl sites for hydroxylation is 3. The van der Waals surface area contributed by atoms with Crippen LogP contribution in [0.4, 0.5) is 5.82 Å². The Hall–Kier alpha value is -1.78. The Kier molecular flexibility index (Phi) is 2.94. The quantitative estimate of drug-likeness (QED) is 0.848. The Balaban J connectivity index is 2.08. The van der Waals surface area contributed by atoms with E-state index in [-0.39, 0.29) is 0 Å². The standard InChI is InChI=1S/C11H17N5/c1-4-16-10(5-6-13-16)8-12-11-9(2)7-14-15(11)3/h5-7,12H,4,8H2,1-3H3. The summed E-state index contributed by atoms with van der Waals surface area (Å²) in [5.74, 6) is 1.06. The average molecular weight is 219 g/mol. The lowest BCUT2D eigenvalue weighted by Gasteiger charge is -2.09. The van der Waals surface area contributed by atoms with Crippen LogP contribution in [0.15, 0.2) is 18.5 Å². The van der Waals surface area contributed by atoms with Gasteiger partial charge in [0.25, 0.3) is 0 Å². The predicted octanol–water partition coefficient (Wildman–Crippen LogP) is 1.56. The Morgan fingerprint density at radius 1 is 1.38 bits per heavy atom. The van der Waals surface area contributed by atoms with E-state index in [1.165, 1.54) is 5.69 Å². The molecule has 0 aliphatic heterocycles. The number of anilines is 1. The number of rotatable bonds is 4. The molecule has 2 rings (SSSR count). The molecule has 0 aliphatic carbocycles. The predicted molar refractivity (Wildman–Crippen MR) is 63.2 cm³/mol. The summed E-state index contributed by atoms with van der Waals surface area (Å²) in [4.78, 5) is 0. The first-order chi connectivity index (χ1) is 7.72. The molecule has 86 valence electrons. The van der Waals surface area contributed by atoms with Gasteiger partial charge in [-0.15, -0.1) is 0 Å². The zero-order valence-electron chi connectivity index (χ0n) is 9.94. The molecular formula is C11H17N5. The highest BCUT2D eigenvalue weighted by atomic mass is 15.3. The van der Waals surface area contributed by atoms with Gasteiger partial charge in [-0.2, -0.15) is 10.2 Å². The lowest BCUT2D eigenvalue weighted by Crippen LogP contribution is -2.10. The molecule has 0 atom stereocenters. The Bertz CT molecular complexity index is 449. The lowest BCUT2D eigenvalue weighted by molar-refractivity contribution is 0.626. The summed E-state index contributed by atoms with van der Waals surface area (Å²) in [6, 6.07) is 2.03. The molecule has 0 spiro atoms. The highest BCUT2D eigenvalue weighted by Crippen LogP contribution is 2.13. The van der Waals surface area contributed by atoms with E-state index in [0.717, 1.165) is 24.5 Å². The number of hydrogen-bond acceptors (Lipinski definition) is 3. The summed E-state index contributed by atoms with van der Waals surface area (Å²) in [6.07, 6.45) is 3.69. The maximum Gasteiger partial charge on any atom is 0.127 e. The fraction of sp³-hybridized carbons (Fsp3) is 0.455. The molecule has 0 radical (unpaired) electrons. The van der Waals surface area contributed by atoms with Gasteiger partial charge in [0.05, 0.1) is 18.4 Å². The second kappa shape index (κ2) is 4.38. The Morgan fingerprint density at radius 3 is 2.81 bits per heavy atom. The molecule has 0 fully saturated rings. The van der Waals surface area contributed by atoms with Crippen molar-refractivity contribution in [1.82, 2.24) is 19.6 Å². The normalized spacial score (nSPS) is 10.7. The van der Waals surface area contributed by atoms with Crippen molar-refractivity contribution >= 4 is 5.82 Å². The van der Waals surface area contributed by atoms with Gasteiger partial charge in [-0.25, -0.2) is 0 Å². The molecule has 0 saturated carbocycles. The van der Waals surface area contributed by atoms with Gasteiger partial charge in [0.2, 0.25) is 0 Å². The second-order valence-corrected chi connectivity index (χ2v) is 3.79. The van der Waals surface area contributed by atoms with E-state index in [9.17, 15) is 0 Å². The van der Waals surface area contributed by atoms with Crippen LogP contribution in [0.25, 0.3) is 0 Å². The Labute approximate surface area is 95.1 Å². The molecular weight excluding hydrogens is 202 g/mol. The zero-order valence-corrected chi connectivity index (χ0v) is 9.94. The number of nitrogens with one attached hydrogen (secondary N) is 1. The van der Waals surface area contributed by atoms with E-state index >= 15 is 0 Å². The third kappa shape index (κ3) is 1.93. The minimum absolute atomic E-state index is 0.772. The molecule has 2 aromatic heterocycles. The minimum Gasteiger partial charge on any atom is -0.364 e. The topological polar surface area (TPSA) is 47.7 Å². The monoisotopic (exact) mass is 219 g/mol. The SMILES string of the molecule is CCn1nccc1CNc1c(C)cnn1C. The van der Waals surface area contributed by atoms with E-state index in [0.29, 0.717) is 0 Å². The van der Waals surface area contributed by atoms with Gasteiger partial charge < -0.3 is 5.32 Å². The molecule has 0 unspecified atom stereocenters. The van der Waals surface area contributed by atoms with Crippen molar-refractivity contribution < 1.29 is 0 Å². The van der Waals surface area contributed by atoms with E-state index in [1.54, 1.807) is 0 Å². The molecule has 5 nitrogen and oxygen atoms in total. The van der Waals surface area contributed by atoms with Crippen molar-refractivity contribution in [2.24, 2.45) is 7.05 Å². The number of nitrogens with zero attached hydrogens (tertiary/aromatic N) is 4. The summed E-state index contributed by atoms with van der Waals surface area (Å²) >= 11 is 0. The van der Waals surface area contributed by atoms with Gasteiger partial charge >= 0.3 is 0 Å². The third-order valence-corrected chi connectivity index (χ3v) is 2.66. The first kappa shape index (κ1) is 10.7. The molecule has 1 N–H and O–H groups in total. The fourth-order valence-corrected chi connectivity index (χ4v) is 1.77. The molecule has 0 saturated heterocycles. The maximum absolute atomic E-state index is 4.23. The van der Waals surface area contributed by atoms with Crippen LogP contribution in [0.2, 0.25) is 0 Å². The number of aromatic nitrogens is 4. The largest absolute Gasteiger partial charge is 0.364 e. The number of hydrogen-bond donors (Lipinski definition) is 1. The van der Waals surface area contributed by atoms with E-state index < -0.39 is 0 Å². The summed E-state index contributed by atoms with van der Waals surface area (Å²) in [7, 11) is 1.94. The summed E-state index contributed by atoms with van der Waals surface area (Å²) in [6.45, 7) is 5.81. The van der Waals surface area contributed by atoms with Crippen LogP contribution in [0, 0.1) is 6.92 Å². The van der Waals surface area contributed by atoms with Gasteiger partial charge in [0, 0.05) is 25.4 Å². The maximum atomic E-state index is 4.23. The van der Waals surface area contributed by atoms with Gasteiger partial charge in [-0.3, -0.25) is 9.36 Å². The summed E-state index contributed by atoms with van der Waals surface area (Å²) in [5, 5.41) is 11.8. The first-order valence-electron chi connectivity index (χ1n) is 5.45. The third-order valence-electron chi connectivity index (χ3n) is 2.66. The lowest BCUT2D eigenvalue weighted by atomic mass is 10.3. The van der Waals surface area contributed by atoms with E-state index in [2.05, 4.69) is 22.4 Å². The van der Waals surface area contributed by atoms with Crippen molar-refractivity contribution in [3.05, 3.63) is 29.7 Å². The van der Waals surface area contributed by atoms with Gasteiger partial charge in [-0.05, 0) is 19.9 Å². The minimum atomic E-state index is 0.772. The van der Waals surface area contributed by atoms with Crippen LogP contribution < -0.4 is 5.32 Å². The van der Waals surface area contributed by atoms with Crippen molar-refractivity contribution in [3.8, 4) is 0 Å². The first-order valence-corrected chi connectivity index (χ1v) is 5.45. The molecule has 5 heteroatoms. The van der Waals surface area contributed by atoms with Crippen LogP contribution in [0.3, 0.4) is 0 Å². The summed E-state index contributed by atoms with van der Waals surface area (Å²) < 4.78 is 3.83. The van der Waals surface area contributed by atoms with Crippen molar-refractivity contribution in [2.75, 3.05) is 5.32 Å². The van der Waals surface area contributed by atoms with E-state index in [1.807, 2.05) is 41.8 Å². The average Bonchev–Trinajstić information content (AvgIpc) is 2.84. The van der Waals surface area contributed by atoms with Crippen LogP contribution in [-0.4, -0.2) is 19.6 Å². The smallest absolute Gasteiger partial charge is 0.127 e. The highest BCUT2D eigenvalue weighted by Gasteiger charge is 2.05. The van der Waals surface area contributed by atoms with Crippen LogP contribution in [0.5, 0.6) is 0 Å². The van der Waals surface area contributed by atoms with Crippen LogP contribution in [-0.2, 0) is 20.1 Å². The van der Waals surface area contributed by atoms with Crippen molar-refractivity contribution in [2.45, 2.75) is 26.9 Å². The van der Waals surface area contributed by atoms with E-state index in [4.69, 9.17) is 0 Å². The van der Waals surface area contributed by atoms with Crippen molar-refractivity contribution in [3.63, 3.8) is 0 Å². The molecule has 2 heterocycles. The molecule has 16 heavy (non-hydrogen) atoms. The van der Waals surface area contributed by atoms with Gasteiger partial charge in [-0.1, -0.05) is 0 Å². The van der Waals surface area contributed by atoms with Gasteiger partial charge in [0.15, 0.2) is 0 Å². The van der Waals surface area contributed by atoms with Crippen molar-refractivity contribution in [1.29, 1.82) is 0 Å². The molecule has 2 aromatic rings. The fourth-order valence-electron chi connectivity index (χ4n) is 1.77. The molecule has 0 bridgehead atoms. The van der Waals surface area contributed by atoms with Crippen LogP contribution >= 0.6 is 0 Å². The van der Waals surface area contributed by atoms with Gasteiger partial charge in [0.1, 0.15) is 5.82 Å². The second-order valence-electron chi connectivity index (χ2n) is 3.79. The zero-order chi connectivity index (χ0) is 11.5. The molecule has 0 aromatic carbocycles. The molecule has 0 amide bonds. The highest BCUT2D eigenvalue weighted by molar-refractivity contribution is 5.42. The molecule has 0 aliphatic rings.